The SMILES string of the molecule is CCc1cc(Cl)cnc1CC(C)C. The first-order valence-corrected chi connectivity index (χ1v) is 5.14. The largest absolute Gasteiger partial charge is 0.259 e. The first-order valence-electron chi connectivity index (χ1n) is 4.76. The maximum Gasteiger partial charge on any atom is 0.0592 e. The van der Waals surface area contributed by atoms with Crippen LogP contribution < -0.4 is 0 Å². The molecule has 1 aromatic heterocycles. The van der Waals surface area contributed by atoms with Crippen molar-refractivity contribution >= 4 is 11.6 Å². The topological polar surface area (TPSA) is 12.9 Å². The number of halogens is 1. The fourth-order valence-corrected chi connectivity index (χ4v) is 1.57. The van der Waals surface area contributed by atoms with Crippen molar-refractivity contribution in [2.75, 3.05) is 0 Å². The second kappa shape index (κ2) is 4.61. The Hall–Kier alpha value is -0.560. The summed E-state index contributed by atoms with van der Waals surface area (Å²) in [6, 6.07) is 2.02. The van der Waals surface area contributed by atoms with Gasteiger partial charge in [0, 0.05) is 11.9 Å². The standard InChI is InChI=1S/C11H16ClN/c1-4-9-6-10(12)7-13-11(9)5-8(2)3/h6-8H,4-5H2,1-3H3. The molecule has 0 saturated carbocycles. The van der Waals surface area contributed by atoms with Crippen molar-refractivity contribution in [2.24, 2.45) is 5.92 Å². The van der Waals surface area contributed by atoms with E-state index in [4.69, 9.17) is 11.6 Å². The highest BCUT2D eigenvalue weighted by Crippen LogP contribution is 2.16. The minimum atomic E-state index is 0.652. The van der Waals surface area contributed by atoms with E-state index in [1.54, 1.807) is 6.20 Å². The Kier molecular flexibility index (Phi) is 3.73. The summed E-state index contributed by atoms with van der Waals surface area (Å²) in [6.07, 6.45) is 3.79. The molecule has 0 aliphatic rings. The minimum Gasteiger partial charge on any atom is -0.259 e. The Morgan fingerprint density at radius 1 is 1.46 bits per heavy atom. The molecule has 1 nitrogen and oxygen atoms in total. The van der Waals surface area contributed by atoms with Gasteiger partial charge in [-0.2, -0.15) is 0 Å². The summed E-state index contributed by atoms with van der Waals surface area (Å²) in [6.45, 7) is 6.54. The lowest BCUT2D eigenvalue weighted by Crippen LogP contribution is -2.01. The predicted octanol–water partition coefficient (Wildman–Crippen LogP) is 3.50. The van der Waals surface area contributed by atoms with Gasteiger partial charge in [-0.1, -0.05) is 32.4 Å². The highest BCUT2D eigenvalue weighted by atomic mass is 35.5. The van der Waals surface area contributed by atoms with Crippen LogP contribution in [0.3, 0.4) is 0 Å². The van der Waals surface area contributed by atoms with Crippen LogP contribution in [-0.2, 0) is 12.8 Å². The molecule has 1 heterocycles. The molecule has 0 bridgehead atoms. The zero-order valence-electron chi connectivity index (χ0n) is 8.47. The van der Waals surface area contributed by atoms with Crippen molar-refractivity contribution in [3.8, 4) is 0 Å². The van der Waals surface area contributed by atoms with Crippen LogP contribution in [0.5, 0.6) is 0 Å². The fourth-order valence-electron chi connectivity index (χ4n) is 1.39. The second-order valence-corrected chi connectivity index (χ2v) is 4.15. The Labute approximate surface area is 85.1 Å². The molecule has 0 unspecified atom stereocenters. The van der Waals surface area contributed by atoms with E-state index in [0.29, 0.717) is 5.92 Å². The molecular formula is C11H16ClN. The average Bonchev–Trinajstić information content (AvgIpc) is 2.07. The molecule has 0 spiro atoms. The van der Waals surface area contributed by atoms with E-state index < -0.39 is 0 Å². The van der Waals surface area contributed by atoms with Crippen molar-refractivity contribution in [3.05, 3.63) is 28.5 Å². The van der Waals surface area contributed by atoms with Gasteiger partial charge in [-0.3, -0.25) is 4.98 Å². The Bertz CT molecular complexity index is 281. The Morgan fingerprint density at radius 2 is 2.15 bits per heavy atom. The molecule has 1 aromatic rings. The van der Waals surface area contributed by atoms with Gasteiger partial charge >= 0.3 is 0 Å². The molecule has 72 valence electrons. The van der Waals surface area contributed by atoms with Crippen LogP contribution >= 0.6 is 11.6 Å². The van der Waals surface area contributed by atoms with E-state index in [0.717, 1.165) is 17.9 Å². The monoisotopic (exact) mass is 197 g/mol. The zero-order valence-corrected chi connectivity index (χ0v) is 9.23. The number of hydrogen-bond donors (Lipinski definition) is 0. The summed E-state index contributed by atoms with van der Waals surface area (Å²) in [7, 11) is 0. The van der Waals surface area contributed by atoms with Crippen molar-refractivity contribution < 1.29 is 0 Å². The maximum absolute atomic E-state index is 5.87. The van der Waals surface area contributed by atoms with Gasteiger partial charge in [0.1, 0.15) is 0 Å². The minimum absolute atomic E-state index is 0.652. The van der Waals surface area contributed by atoms with Gasteiger partial charge < -0.3 is 0 Å². The second-order valence-electron chi connectivity index (χ2n) is 3.71. The average molecular weight is 198 g/mol. The molecule has 0 aliphatic carbocycles. The number of hydrogen-bond acceptors (Lipinski definition) is 1. The van der Waals surface area contributed by atoms with Crippen molar-refractivity contribution in [1.82, 2.24) is 4.98 Å². The fraction of sp³-hybridized carbons (Fsp3) is 0.545. The summed E-state index contributed by atoms with van der Waals surface area (Å²) in [5, 5.41) is 0.740. The normalized spacial score (nSPS) is 10.8. The number of aryl methyl sites for hydroxylation is 1. The van der Waals surface area contributed by atoms with Crippen molar-refractivity contribution in [2.45, 2.75) is 33.6 Å². The molecule has 0 amide bonds. The van der Waals surface area contributed by atoms with E-state index in [-0.39, 0.29) is 0 Å². The first kappa shape index (κ1) is 10.5. The van der Waals surface area contributed by atoms with Crippen LogP contribution in [-0.4, -0.2) is 4.98 Å². The summed E-state index contributed by atoms with van der Waals surface area (Å²) in [5.41, 5.74) is 2.48. The molecule has 0 atom stereocenters. The highest BCUT2D eigenvalue weighted by Gasteiger charge is 2.05. The van der Waals surface area contributed by atoms with E-state index in [9.17, 15) is 0 Å². The molecule has 0 radical (unpaired) electrons. The van der Waals surface area contributed by atoms with Gasteiger partial charge in [-0.05, 0) is 30.4 Å². The zero-order chi connectivity index (χ0) is 9.84. The van der Waals surface area contributed by atoms with Crippen LogP contribution in [0.1, 0.15) is 32.0 Å². The molecule has 13 heavy (non-hydrogen) atoms. The third-order valence-electron chi connectivity index (χ3n) is 2.01. The maximum atomic E-state index is 5.87. The molecule has 2 heteroatoms. The molecule has 0 fully saturated rings. The molecule has 0 aliphatic heterocycles. The molecule has 0 saturated heterocycles. The van der Waals surface area contributed by atoms with E-state index in [1.165, 1.54) is 11.3 Å². The number of rotatable bonds is 3. The lowest BCUT2D eigenvalue weighted by molar-refractivity contribution is 0.630. The summed E-state index contributed by atoms with van der Waals surface area (Å²) < 4.78 is 0. The van der Waals surface area contributed by atoms with Crippen molar-refractivity contribution in [1.29, 1.82) is 0 Å². The molecule has 1 rings (SSSR count). The molecule has 0 N–H and O–H groups in total. The smallest absolute Gasteiger partial charge is 0.0592 e. The Morgan fingerprint density at radius 3 is 2.69 bits per heavy atom. The van der Waals surface area contributed by atoms with Crippen LogP contribution in [0.15, 0.2) is 12.3 Å². The van der Waals surface area contributed by atoms with Crippen molar-refractivity contribution in [3.63, 3.8) is 0 Å². The lowest BCUT2D eigenvalue weighted by atomic mass is 10.0. The van der Waals surface area contributed by atoms with Gasteiger partial charge in [-0.25, -0.2) is 0 Å². The summed E-state index contributed by atoms with van der Waals surface area (Å²) >= 11 is 5.87. The van der Waals surface area contributed by atoms with Gasteiger partial charge in [0.25, 0.3) is 0 Å². The molecule has 0 aromatic carbocycles. The highest BCUT2D eigenvalue weighted by molar-refractivity contribution is 6.30. The third kappa shape index (κ3) is 3.00. The number of nitrogens with zero attached hydrogens (tertiary/aromatic N) is 1. The van der Waals surface area contributed by atoms with Gasteiger partial charge in [0.2, 0.25) is 0 Å². The van der Waals surface area contributed by atoms with E-state index in [1.807, 2.05) is 6.07 Å². The van der Waals surface area contributed by atoms with E-state index in [2.05, 4.69) is 25.8 Å². The van der Waals surface area contributed by atoms with Gasteiger partial charge in [0.15, 0.2) is 0 Å². The lowest BCUT2D eigenvalue weighted by Gasteiger charge is -2.09. The van der Waals surface area contributed by atoms with Crippen LogP contribution in [0.2, 0.25) is 5.02 Å². The quantitative estimate of drug-likeness (QED) is 0.723. The summed E-state index contributed by atoms with van der Waals surface area (Å²) in [4.78, 5) is 4.36. The first-order chi connectivity index (χ1) is 6.13. The van der Waals surface area contributed by atoms with Crippen LogP contribution in [0, 0.1) is 5.92 Å². The van der Waals surface area contributed by atoms with Gasteiger partial charge in [-0.15, -0.1) is 0 Å². The number of aromatic nitrogens is 1. The summed E-state index contributed by atoms with van der Waals surface area (Å²) in [5.74, 6) is 0.652. The van der Waals surface area contributed by atoms with Gasteiger partial charge in [0.05, 0.1) is 5.02 Å². The predicted molar refractivity (Wildman–Crippen MR) is 57.2 cm³/mol. The molecular weight excluding hydrogens is 182 g/mol. The third-order valence-corrected chi connectivity index (χ3v) is 2.22. The number of pyridine rings is 1. The van der Waals surface area contributed by atoms with Crippen LogP contribution in [0.25, 0.3) is 0 Å². The Balaban J connectivity index is 2.92. The van der Waals surface area contributed by atoms with E-state index >= 15 is 0 Å². The van der Waals surface area contributed by atoms with Crippen LogP contribution in [0.4, 0.5) is 0 Å².